The van der Waals surface area contributed by atoms with Crippen LogP contribution >= 0.6 is 15.9 Å². The minimum absolute atomic E-state index is 0.188. The summed E-state index contributed by atoms with van der Waals surface area (Å²) < 4.78 is 2.16. The number of hydrogen-bond donors (Lipinski definition) is 2. The highest BCUT2D eigenvalue weighted by atomic mass is 79.9. The second-order valence-electron chi connectivity index (χ2n) is 3.80. The summed E-state index contributed by atoms with van der Waals surface area (Å²) in [6.45, 7) is 2.87. The zero-order chi connectivity index (χ0) is 13.8. The molecule has 2 aromatic heterocycles. The van der Waals surface area contributed by atoms with Crippen molar-refractivity contribution in [1.82, 2.24) is 19.7 Å². The number of anilines is 1. The molecule has 0 aliphatic heterocycles. The lowest BCUT2D eigenvalue weighted by molar-refractivity contribution is 0.0995. The maximum atomic E-state index is 11.0. The number of hydrogen-bond acceptors (Lipinski definition) is 5. The van der Waals surface area contributed by atoms with Crippen LogP contribution in [-0.2, 0) is 0 Å². The van der Waals surface area contributed by atoms with Crippen molar-refractivity contribution in [1.29, 1.82) is 0 Å². The highest BCUT2D eigenvalue weighted by Gasteiger charge is 2.12. The van der Waals surface area contributed by atoms with Gasteiger partial charge in [0.25, 0.3) is 5.91 Å². The molecule has 19 heavy (non-hydrogen) atoms. The molecule has 2 rings (SSSR count). The predicted molar refractivity (Wildman–Crippen MR) is 74.2 cm³/mol. The van der Waals surface area contributed by atoms with Crippen molar-refractivity contribution in [2.45, 2.75) is 13.3 Å². The minimum Gasteiger partial charge on any atom is -0.369 e. The molecule has 8 heteroatoms. The van der Waals surface area contributed by atoms with Crippen molar-refractivity contribution in [3.63, 3.8) is 0 Å². The summed E-state index contributed by atoms with van der Waals surface area (Å²) in [4.78, 5) is 19.3. The summed E-state index contributed by atoms with van der Waals surface area (Å²) in [5, 5.41) is 7.23. The zero-order valence-corrected chi connectivity index (χ0v) is 11.9. The van der Waals surface area contributed by atoms with E-state index in [2.05, 4.69) is 43.2 Å². The van der Waals surface area contributed by atoms with E-state index < -0.39 is 5.91 Å². The third-order valence-corrected chi connectivity index (χ3v) is 3.10. The lowest BCUT2D eigenvalue weighted by atomic mass is 10.4. The van der Waals surface area contributed by atoms with Gasteiger partial charge in [-0.2, -0.15) is 5.10 Å². The van der Waals surface area contributed by atoms with Crippen LogP contribution in [0, 0.1) is 0 Å². The highest BCUT2D eigenvalue weighted by Crippen LogP contribution is 2.25. The molecule has 3 N–H and O–H groups in total. The molecule has 100 valence electrons. The Hall–Kier alpha value is -1.96. The lowest BCUT2D eigenvalue weighted by Crippen LogP contribution is -2.13. The molecule has 0 fully saturated rings. The largest absolute Gasteiger partial charge is 0.369 e. The van der Waals surface area contributed by atoms with Crippen LogP contribution in [0.4, 0.5) is 5.82 Å². The Morgan fingerprint density at radius 3 is 2.95 bits per heavy atom. The normalized spacial score (nSPS) is 10.4. The van der Waals surface area contributed by atoms with E-state index in [1.807, 2.05) is 0 Å². The molecular formula is C11H13BrN6O. The van der Waals surface area contributed by atoms with Gasteiger partial charge in [-0.3, -0.25) is 4.79 Å². The quantitative estimate of drug-likeness (QED) is 0.864. The van der Waals surface area contributed by atoms with Gasteiger partial charge < -0.3 is 11.1 Å². The highest BCUT2D eigenvalue weighted by molar-refractivity contribution is 9.10. The van der Waals surface area contributed by atoms with E-state index in [9.17, 15) is 4.79 Å². The van der Waals surface area contributed by atoms with Crippen molar-refractivity contribution in [2.24, 2.45) is 5.73 Å². The second-order valence-corrected chi connectivity index (χ2v) is 4.59. The predicted octanol–water partition coefficient (Wildman–Crippen LogP) is 1.35. The van der Waals surface area contributed by atoms with Gasteiger partial charge in [-0.05, 0) is 28.4 Å². The van der Waals surface area contributed by atoms with E-state index >= 15 is 0 Å². The second kappa shape index (κ2) is 5.79. The van der Waals surface area contributed by atoms with Crippen LogP contribution in [0.1, 0.15) is 23.8 Å². The molecule has 2 aromatic rings. The van der Waals surface area contributed by atoms with Gasteiger partial charge >= 0.3 is 0 Å². The Labute approximate surface area is 118 Å². The number of halogens is 1. The smallest absolute Gasteiger partial charge is 0.269 e. The Bertz CT molecular complexity index is 597. The van der Waals surface area contributed by atoms with Crippen molar-refractivity contribution in [2.75, 3.05) is 11.9 Å². The van der Waals surface area contributed by atoms with Gasteiger partial charge in [0.05, 0.1) is 0 Å². The fraction of sp³-hybridized carbons (Fsp3) is 0.273. The van der Waals surface area contributed by atoms with E-state index in [0.29, 0.717) is 16.1 Å². The fourth-order valence-corrected chi connectivity index (χ4v) is 1.99. The fourth-order valence-electron chi connectivity index (χ4n) is 1.46. The topological polar surface area (TPSA) is 98.7 Å². The van der Waals surface area contributed by atoms with E-state index in [1.165, 1.54) is 17.1 Å². The van der Waals surface area contributed by atoms with Gasteiger partial charge in [-0.25, -0.2) is 14.6 Å². The molecule has 0 aromatic carbocycles. The number of nitrogens with one attached hydrogen (secondary N) is 1. The van der Waals surface area contributed by atoms with Crippen LogP contribution in [0.15, 0.2) is 23.1 Å². The van der Waals surface area contributed by atoms with E-state index in [4.69, 9.17) is 5.73 Å². The molecule has 0 saturated carbocycles. The molecule has 0 spiro atoms. The summed E-state index contributed by atoms with van der Waals surface area (Å²) in [6, 6.07) is 1.54. The number of amides is 1. The van der Waals surface area contributed by atoms with Crippen LogP contribution in [0.5, 0.6) is 0 Å². The van der Waals surface area contributed by atoms with Crippen molar-refractivity contribution < 1.29 is 4.79 Å². The molecule has 2 heterocycles. The maximum Gasteiger partial charge on any atom is 0.269 e. The molecule has 1 amide bonds. The van der Waals surface area contributed by atoms with Crippen molar-refractivity contribution >= 4 is 27.7 Å². The van der Waals surface area contributed by atoms with Crippen LogP contribution in [0.3, 0.4) is 0 Å². The minimum atomic E-state index is -0.576. The first-order valence-electron chi connectivity index (χ1n) is 5.73. The van der Waals surface area contributed by atoms with Crippen LogP contribution < -0.4 is 11.1 Å². The van der Waals surface area contributed by atoms with E-state index in [1.54, 1.807) is 6.20 Å². The third kappa shape index (κ3) is 2.90. The Morgan fingerprint density at radius 1 is 1.53 bits per heavy atom. The standard InChI is InChI=1S/C11H13BrN6O/c1-2-4-14-10-8(12)11(16-6-15-10)18-5-3-7(17-18)9(13)19/h3,5-6H,2,4H2,1H3,(H2,13,19)(H,14,15,16). The summed E-state index contributed by atoms with van der Waals surface area (Å²) in [6.07, 6.45) is 4.04. The molecule has 0 atom stereocenters. The molecule has 0 bridgehead atoms. The molecule has 0 aliphatic rings. The zero-order valence-electron chi connectivity index (χ0n) is 10.3. The van der Waals surface area contributed by atoms with Crippen molar-refractivity contribution in [3.8, 4) is 5.82 Å². The Kier molecular flexibility index (Phi) is 4.10. The number of nitrogens with zero attached hydrogens (tertiary/aromatic N) is 4. The van der Waals surface area contributed by atoms with E-state index in [0.717, 1.165) is 13.0 Å². The molecule has 0 saturated heterocycles. The average molecular weight is 325 g/mol. The first-order valence-corrected chi connectivity index (χ1v) is 6.53. The number of carbonyl (C=O) groups is 1. The number of carbonyl (C=O) groups excluding carboxylic acids is 1. The molecule has 0 unspecified atom stereocenters. The Balaban J connectivity index is 2.35. The molecule has 7 nitrogen and oxygen atoms in total. The van der Waals surface area contributed by atoms with Gasteiger partial charge in [0.2, 0.25) is 0 Å². The Morgan fingerprint density at radius 2 is 2.32 bits per heavy atom. The average Bonchev–Trinajstić information content (AvgIpc) is 2.87. The van der Waals surface area contributed by atoms with Crippen LogP contribution in [-0.4, -0.2) is 32.2 Å². The number of nitrogens with two attached hydrogens (primary N) is 1. The van der Waals surface area contributed by atoms with Gasteiger partial charge in [0.15, 0.2) is 5.82 Å². The monoisotopic (exact) mass is 324 g/mol. The molecule has 0 radical (unpaired) electrons. The molecule has 0 aliphatic carbocycles. The number of primary amides is 1. The van der Waals surface area contributed by atoms with Gasteiger partial charge in [-0.1, -0.05) is 6.92 Å². The first kappa shape index (κ1) is 13.5. The molecular weight excluding hydrogens is 312 g/mol. The SMILES string of the molecule is CCCNc1ncnc(-n2ccc(C(N)=O)n2)c1Br. The number of aromatic nitrogens is 4. The number of rotatable bonds is 5. The van der Waals surface area contributed by atoms with Crippen LogP contribution in [0.25, 0.3) is 5.82 Å². The summed E-state index contributed by atoms with van der Waals surface area (Å²) in [5.41, 5.74) is 5.36. The van der Waals surface area contributed by atoms with Gasteiger partial charge in [0, 0.05) is 12.7 Å². The lowest BCUT2D eigenvalue weighted by Gasteiger charge is -2.09. The van der Waals surface area contributed by atoms with Gasteiger partial charge in [-0.15, -0.1) is 0 Å². The summed E-state index contributed by atoms with van der Waals surface area (Å²) in [7, 11) is 0. The van der Waals surface area contributed by atoms with Crippen molar-refractivity contribution in [3.05, 3.63) is 28.8 Å². The first-order chi connectivity index (χ1) is 9.13. The summed E-state index contributed by atoms with van der Waals surface area (Å²) in [5.74, 6) is 0.650. The van der Waals surface area contributed by atoms with Crippen LogP contribution in [0.2, 0.25) is 0 Å². The summed E-state index contributed by atoms with van der Waals surface area (Å²) >= 11 is 3.43. The third-order valence-electron chi connectivity index (χ3n) is 2.37. The van der Waals surface area contributed by atoms with Gasteiger partial charge in [0.1, 0.15) is 22.3 Å². The maximum absolute atomic E-state index is 11.0. The van der Waals surface area contributed by atoms with E-state index in [-0.39, 0.29) is 5.69 Å².